The summed E-state index contributed by atoms with van der Waals surface area (Å²) in [5.41, 5.74) is 10.9. The number of hydrogen-bond donors (Lipinski definition) is 2. The molecule has 0 spiro atoms. The second-order valence-electron chi connectivity index (χ2n) is 6.09. The van der Waals surface area contributed by atoms with E-state index >= 15 is 0 Å². The maximum atomic E-state index is 9.13. The van der Waals surface area contributed by atoms with Crippen molar-refractivity contribution in [1.29, 1.82) is 0 Å². The van der Waals surface area contributed by atoms with Crippen LogP contribution in [0.3, 0.4) is 0 Å². The zero-order valence-corrected chi connectivity index (χ0v) is 15.7. The van der Waals surface area contributed by atoms with Crippen molar-refractivity contribution in [1.82, 2.24) is 0 Å². The van der Waals surface area contributed by atoms with Gasteiger partial charge >= 0.3 is 0 Å². The number of nitrogens with two attached hydrogens (primary N) is 1. The minimum atomic E-state index is -0.240. The molecular formula is C20H31NOS. The Bertz CT molecular complexity index is 516. The van der Waals surface area contributed by atoms with Crippen molar-refractivity contribution in [2.24, 2.45) is 5.73 Å². The van der Waals surface area contributed by atoms with Gasteiger partial charge in [0.1, 0.15) is 0 Å². The Morgan fingerprint density at radius 1 is 0.826 bits per heavy atom. The van der Waals surface area contributed by atoms with Crippen LogP contribution in [0.4, 0.5) is 0 Å². The van der Waals surface area contributed by atoms with E-state index in [1.807, 2.05) is 26.0 Å². The normalized spacial score (nSPS) is 12.4. The van der Waals surface area contributed by atoms with Gasteiger partial charge in [-0.15, -0.1) is 0 Å². The zero-order chi connectivity index (χ0) is 16.5. The highest BCUT2D eigenvalue weighted by Gasteiger charge is 2.00. The van der Waals surface area contributed by atoms with Gasteiger partial charge in [-0.05, 0) is 62.8 Å². The van der Waals surface area contributed by atoms with Crippen LogP contribution in [-0.4, -0.2) is 17.3 Å². The van der Waals surface area contributed by atoms with Gasteiger partial charge in [-0.1, -0.05) is 48.5 Å². The lowest BCUT2D eigenvalue weighted by atomic mass is 10.0. The van der Waals surface area contributed by atoms with Gasteiger partial charge < -0.3 is 10.8 Å². The quantitative estimate of drug-likeness (QED) is 0.891. The average molecular weight is 334 g/mol. The number of aliphatic hydroxyl groups is 1. The van der Waals surface area contributed by atoms with Crippen molar-refractivity contribution in [3.05, 3.63) is 70.8 Å². The van der Waals surface area contributed by atoms with E-state index in [9.17, 15) is 0 Å². The molecular weight excluding hydrogens is 302 g/mol. The Balaban J connectivity index is 0.000000403. The molecule has 0 aliphatic heterocycles. The van der Waals surface area contributed by atoms with Crippen LogP contribution in [0, 0.1) is 13.8 Å². The van der Waals surface area contributed by atoms with E-state index in [1.54, 1.807) is 0 Å². The predicted molar refractivity (Wildman–Crippen MR) is 105 cm³/mol. The van der Waals surface area contributed by atoms with E-state index in [1.165, 1.54) is 22.3 Å². The molecule has 0 amide bonds. The molecule has 0 aliphatic rings. The van der Waals surface area contributed by atoms with Crippen molar-refractivity contribution in [2.45, 2.75) is 52.7 Å². The van der Waals surface area contributed by atoms with Gasteiger partial charge in [-0.25, -0.2) is 0 Å². The first-order valence-electron chi connectivity index (χ1n) is 7.92. The maximum absolute atomic E-state index is 9.13. The first kappa shape index (κ1) is 21.7. The molecule has 0 aromatic heterocycles. The lowest BCUT2D eigenvalue weighted by Gasteiger charge is -2.07. The van der Waals surface area contributed by atoms with E-state index in [0.717, 1.165) is 12.8 Å². The predicted octanol–water partition coefficient (Wildman–Crippen LogP) is 3.92. The lowest BCUT2D eigenvalue weighted by Crippen LogP contribution is -2.18. The SMILES string of the molecule is Cc1ccccc1CC(C)N.Cc1ccccc1C[C@@H](C)O.S. The first-order valence-corrected chi connectivity index (χ1v) is 7.92. The fourth-order valence-electron chi connectivity index (χ4n) is 2.34. The molecule has 1 unspecified atom stereocenters. The van der Waals surface area contributed by atoms with Gasteiger partial charge in [0.25, 0.3) is 0 Å². The summed E-state index contributed by atoms with van der Waals surface area (Å²) >= 11 is 0. The molecule has 128 valence electrons. The molecule has 3 heteroatoms. The van der Waals surface area contributed by atoms with Crippen LogP contribution in [0.5, 0.6) is 0 Å². The summed E-state index contributed by atoms with van der Waals surface area (Å²) in [5.74, 6) is 0. The van der Waals surface area contributed by atoms with E-state index in [0.29, 0.717) is 0 Å². The summed E-state index contributed by atoms with van der Waals surface area (Å²) in [6, 6.07) is 16.8. The van der Waals surface area contributed by atoms with Crippen LogP contribution in [0.2, 0.25) is 0 Å². The number of aryl methyl sites for hydroxylation is 2. The molecule has 0 aliphatic carbocycles. The van der Waals surface area contributed by atoms with Crippen molar-refractivity contribution in [3.63, 3.8) is 0 Å². The number of aliphatic hydroxyl groups excluding tert-OH is 1. The van der Waals surface area contributed by atoms with Crippen LogP contribution in [0.1, 0.15) is 36.1 Å². The summed E-state index contributed by atoms with van der Waals surface area (Å²) in [6.45, 7) is 8.04. The van der Waals surface area contributed by atoms with E-state index in [-0.39, 0.29) is 25.6 Å². The molecule has 2 aromatic carbocycles. The van der Waals surface area contributed by atoms with E-state index < -0.39 is 0 Å². The van der Waals surface area contributed by atoms with Crippen LogP contribution in [-0.2, 0) is 12.8 Å². The lowest BCUT2D eigenvalue weighted by molar-refractivity contribution is 0.195. The Morgan fingerprint density at radius 2 is 1.22 bits per heavy atom. The molecule has 23 heavy (non-hydrogen) atoms. The standard InChI is InChI=1S/C10H15N.C10H14O.H2S/c2*1-8-5-3-4-6-10(8)7-9(2)11;/h3-6,9H,7,11H2,1-2H3;3-6,9,11H,7H2,1-2H3;1H2/t;9-;/m.1./s1. The van der Waals surface area contributed by atoms with Crippen molar-refractivity contribution in [2.75, 3.05) is 0 Å². The van der Waals surface area contributed by atoms with Gasteiger partial charge in [0.05, 0.1) is 6.10 Å². The van der Waals surface area contributed by atoms with Crippen LogP contribution in [0.15, 0.2) is 48.5 Å². The van der Waals surface area contributed by atoms with Gasteiger partial charge in [0.15, 0.2) is 0 Å². The highest BCUT2D eigenvalue weighted by Crippen LogP contribution is 2.09. The first-order chi connectivity index (χ1) is 10.4. The molecule has 2 aromatic rings. The van der Waals surface area contributed by atoms with Crippen molar-refractivity contribution in [3.8, 4) is 0 Å². The molecule has 2 rings (SSSR count). The van der Waals surface area contributed by atoms with Crippen LogP contribution >= 0.6 is 13.5 Å². The average Bonchev–Trinajstić information content (AvgIpc) is 2.44. The smallest absolute Gasteiger partial charge is 0.0552 e. The number of rotatable bonds is 4. The monoisotopic (exact) mass is 333 g/mol. The third kappa shape index (κ3) is 8.80. The summed E-state index contributed by atoms with van der Waals surface area (Å²) in [6.07, 6.45) is 1.50. The second-order valence-corrected chi connectivity index (χ2v) is 6.09. The van der Waals surface area contributed by atoms with Crippen LogP contribution in [0.25, 0.3) is 0 Å². The van der Waals surface area contributed by atoms with Crippen LogP contribution < -0.4 is 5.73 Å². The Hall–Kier alpha value is -1.29. The maximum Gasteiger partial charge on any atom is 0.0552 e. The molecule has 0 saturated carbocycles. The summed E-state index contributed by atoms with van der Waals surface area (Å²) < 4.78 is 0. The minimum Gasteiger partial charge on any atom is -0.393 e. The molecule has 2 atom stereocenters. The summed E-state index contributed by atoms with van der Waals surface area (Å²) in [4.78, 5) is 0. The minimum absolute atomic E-state index is 0. The molecule has 2 nitrogen and oxygen atoms in total. The van der Waals surface area contributed by atoms with E-state index in [2.05, 4.69) is 50.2 Å². The largest absolute Gasteiger partial charge is 0.393 e. The third-order valence-corrected chi connectivity index (χ3v) is 3.58. The number of benzene rings is 2. The fraction of sp³-hybridized carbons (Fsp3) is 0.400. The van der Waals surface area contributed by atoms with Crippen molar-refractivity contribution >= 4 is 13.5 Å². The second kappa shape index (κ2) is 11.3. The Kier molecular flexibility index (Phi) is 10.6. The zero-order valence-electron chi connectivity index (χ0n) is 14.7. The van der Waals surface area contributed by atoms with Crippen molar-refractivity contribution < 1.29 is 5.11 Å². The molecule has 0 bridgehead atoms. The summed E-state index contributed by atoms with van der Waals surface area (Å²) in [5, 5.41) is 9.13. The van der Waals surface area contributed by atoms with E-state index in [4.69, 9.17) is 10.8 Å². The topological polar surface area (TPSA) is 46.2 Å². The van der Waals surface area contributed by atoms with Gasteiger partial charge in [-0.3, -0.25) is 0 Å². The van der Waals surface area contributed by atoms with Gasteiger partial charge in [0.2, 0.25) is 0 Å². The van der Waals surface area contributed by atoms with Gasteiger partial charge in [0, 0.05) is 6.04 Å². The molecule has 3 N–H and O–H groups in total. The number of hydrogen-bond acceptors (Lipinski definition) is 2. The third-order valence-electron chi connectivity index (χ3n) is 3.58. The molecule has 0 heterocycles. The summed E-state index contributed by atoms with van der Waals surface area (Å²) in [7, 11) is 0. The Morgan fingerprint density at radius 3 is 1.57 bits per heavy atom. The highest BCUT2D eigenvalue weighted by molar-refractivity contribution is 7.59. The molecule has 0 fully saturated rings. The Labute approximate surface area is 148 Å². The molecule has 0 saturated heterocycles. The molecule has 0 radical (unpaired) electrons. The fourth-order valence-corrected chi connectivity index (χ4v) is 2.34. The van der Waals surface area contributed by atoms with Gasteiger partial charge in [-0.2, -0.15) is 13.5 Å². The highest BCUT2D eigenvalue weighted by atomic mass is 32.1.